The molecule has 1 N–H and O–H groups in total. The fourth-order valence-corrected chi connectivity index (χ4v) is 5.22. The first-order valence-corrected chi connectivity index (χ1v) is 9.34. The van der Waals surface area contributed by atoms with Crippen LogP contribution >= 0.6 is 11.3 Å². The number of amides is 1. The molecule has 5 heteroatoms. The first kappa shape index (κ1) is 14.7. The van der Waals surface area contributed by atoms with Crippen molar-refractivity contribution in [1.29, 1.82) is 0 Å². The highest BCUT2D eigenvalue weighted by Gasteiger charge is 2.37. The zero-order chi connectivity index (χ0) is 15.1. The number of carbonyl (C=O) groups is 1. The Kier molecular flexibility index (Phi) is 3.96. The minimum atomic E-state index is 0.137. The lowest BCUT2D eigenvalue weighted by molar-refractivity contribution is -0.0390. The lowest BCUT2D eigenvalue weighted by Crippen LogP contribution is -2.45. The van der Waals surface area contributed by atoms with Crippen LogP contribution in [0.5, 0.6) is 0 Å². The number of hydrogen-bond acceptors (Lipinski definition) is 4. The summed E-state index contributed by atoms with van der Waals surface area (Å²) in [4.78, 5) is 16.6. The molecule has 0 bridgehead atoms. The number of hydrogen-bond donors (Lipinski definition) is 1. The summed E-state index contributed by atoms with van der Waals surface area (Å²) in [5.74, 6) is 0.137. The van der Waals surface area contributed by atoms with Crippen LogP contribution in [0.4, 0.5) is 0 Å². The number of morpholine rings is 1. The minimum Gasteiger partial charge on any atom is -0.376 e. The predicted octanol–water partition coefficient (Wildman–Crippen LogP) is 2.22. The number of nitrogens with one attached hydrogen (secondary N) is 1. The Morgan fingerprint density at radius 3 is 3.14 bits per heavy atom. The molecule has 0 spiro atoms. The molecular formula is C17H24N2O2S. The van der Waals surface area contributed by atoms with Gasteiger partial charge in [-0.15, -0.1) is 11.3 Å². The molecular weight excluding hydrogens is 296 g/mol. The molecule has 0 unspecified atom stereocenters. The fourth-order valence-electron chi connectivity index (χ4n) is 4.09. The van der Waals surface area contributed by atoms with Gasteiger partial charge in [0.05, 0.1) is 18.3 Å². The summed E-state index contributed by atoms with van der Waals surface area (Å²) in [5.41, 5.74) is 2.26. The van der Waals surface area contributed by atoms with Crippen molar-refractivity contribution in [2.24, 2.45) is 0 Å². The molecule has 1 aromatic rings. The van der Waals surface area contributed by atoms with Crippen LogP contribution in [0.25, 0.3) is 0 Å². The van der Waals surface area contributed by atoms with Crippen LogP contribution in [0.15, 0.2) is 5.38 Å². The van der Waals surface area contributed by atoms with Crippen molar-refractivity contribution in [3.8, 4) is 0 Å². The molecule has 3 aliphatic rings. The van der Waals surface area contributed by atoms with E-state index in [1.54, 1.807) is 11.3 Å². The van der Waals surface area contributed by atoms with E-state index in [2.05, 4.69) is 22.5 Å². The van der Waals surface area contributed by atoms with Crippen LogP contribution in [0.2, 0.25) is 0 Å². The molecule has 1 aromatic heterocycles. The van der Waals surface area contributed by atoms with Gasteiger partial charge in [0.15, 0.2) is 0 Å². The van der Waals surface area contributed by atoms with Crippen LogP contribution in [-0.2, 0) is 17.6 Å². The second-order valence-electron chi connectivity index (χ2n) is 6.92. The summed E-state index contributed by atoms with van der Waals surface area (Å²) in [5, 5.41) is 5.34. The molecule has 3 heterocycles. The highest BCUT2D eigenvalue weighted by molar-refractivity contribution is 7.10. The Hall–Kier alpha value is -0.910. The smallest absolute Gasteiger partial charge is 0.252 e. The summed E-state index contributed by atoms with van der Waals surface area (Å²) in [6.45, 7) is 4.89. The Morgan fingerprint density at radius 2 is 2.23 bits per heavy atom. The van der Waals surface area contributed by atoms with Gasteiger partial charge in [-0.3, -0.25) is 9.69 Å². The lowest BCUT2D eigenvalue weighted by Gasteiger charge is -2.33. The van der Waals surface area contributed by atoms with E-state index in [4.69, 9.17) is 4.74 Å². The first-order chi connectivity index (χ1) is 10.7. The summed E-state index contributed by atoms with van der Waals surface area (Å²) in [6.07, 6.45) is 6.05. The monoisotopic (exact) mass is 320 g/mol. The van der Waals surface area contributed by atoms with Gasteiger partial charge < -0.3 is 10.1 Å². The van der Waals surface area contributed by atoms with Crippen molar-refractivity contribution in [2.45, 2.75) is 57.2 Å². The third-order valence-corrected chi connectivity index (χ3v) is 6.32. The lowest BCUT2D eigenvalue weighted by atomic mass is 9.95. The third kappa shape index (κ3) is 2.70. The van der Waals surface area contributed by atoms with Crippen molar-refractivity contribution < 1.29 is 9.53 Å². The van der Waals surface area contributed by atoms with Gasteiger partial charge in [-0.25, -0.2) is 0 Å². The Bertz CT molecular complexity index is 571. The maximum absolute atomic E-state index is 12.6. The van der Waals surface area contributed by atoms with E-state index in [-0.39, 0.29) is 11.9 Å². The molecule has 1 amide bonds. The number of nitrogens with zero attached hydrogens (tertiary/aromatic N) is 1. The molecule has 1 aliphatic carbocycles. The Morgan fingerprint density at radius 1 is 1.36 bits per heavy atom. The minimum absolute atomic E-state index is 0.137. The van der Waals surface area contributed by atoms with Crippen LogP contribution < -0.4 is 5.32 Å². The molecule has 0 radical (unpaired) electrons. The summed E-state index contributed by atoms with van der Waals surface area (Å²) in [6, 6.07) is 0.753. The highest BCUT2D eigenvalue weighted by atomic mass is 32.1. The average Bonchev–Trinajstić information content (AvgIpc) is 3.09. The largest absolute Gasteiger partial charge is 0.376 e. The van der Waals surface area contributed by atoms with E-state index in [1.165, 1.54) is 23.3 Å². The zero-order valence-electron chi connectivity index (χ0n) is 13.1. The van der Waals surface area contributed by atoms with Crippen LogP contribution in [0.1, 0.15) is 47.0 Å². The maximum atomic E-state index is 12.6. The van der Waals surface area contributed by atoms with Gasteiger partial charge >= 0.3 is 0 Å². The van der Waals surface area contributed by atoms with Gasteiger partial charge in [-0.2, -0.15) is 0 Å². The van der Waals surface area contributed by atoms with E-state index in [0.717, 1.165) is 44.5 Å². The van der Waals surface area contributed by atoms with E-state index in [0.29, 0.717) is 12.1 Å². The van der Waals surface area contributed by atoms with Crippen LogP contribution in [-0.4, -0.2) is 48.7 Å². The van der Waals surface area contributed by atoms with Gasteiger partial charge in [-0.1, -0.05) is 0 Å². The molecule has 4 nitrogen and oxygen atoms in total. The second kappa shape index (κ2) is 5.95. The molecule has 4 rings (SSSR count). The van der Waals surface area contributed by atoms with Crippen molar-refractivity contribution in [3.05, 3.63) is 21.4 Å². The predicted molar refractivity (Wildman–Crippen MR) is 87.6 cm³/mol. The molecule has 0 aromatic carbocycles. The standard InChI is InChI=1S/C17H24N2O2S/c1-11-7-19-8-12(6-13(19)9-21-11)18-17(20)15-10-22-16-5-3-2-4-14(15)16/h10-13H,2-9H2,1H3,(H,18,20)/t11-,12-,13+/m1/s1. The number of aryl methyl sites for hydroxylation is 1. The fraction of sp³-hybridized carbons (Fsp3) is 0.706. The van der Waals surface area contributed by atoms with Crippen LogP contribution in [0, 0.1) is 0 Å². The van der Waals surface area contributed by atoms with Gasteiger partial charge in [0.1, 0.15) is 0 Å². The molecule has 2 aliphatic heterocycles. The Labute approximate surface area is 135 Å². The van der Waals surface area contributed by atoms with Gasteiger partial charge in [-0.05, 0) is 44.6 Å². The molecule has 2 saturated heterocycles. The zero-order valence-corrected chi connectivity index (χ0v) is 14.0. The first-order valence-electron chi connectivity index (χ1n) is 8.46. The normalized spacial score (nSPS) is 31.6. The van der Waals surface area contributed by atoms with Gasteiger partial charge in [0.25, 0.3) is 5.91 Å². The number of fused-ring (bicyclic) bond motifs is 2. The SMILES string of the molecule is C[C@@H]1CN2C[C@H](NC(=O)c3csc4c3CCCC4)C[C@H]2CO1. The van der Waals surface area contributed by atoms with E-state index < -0.39 is 0 Å². The summed E-state index contributed by atoms with van der Waals surface area (Å²) in [7, 11) is 0. The van der Waals surface area contributed by atoms with E-state index in [1.807, 2.05) is 0 Å². The highest BCUT2D eigenvalue weighted by Crippen LogP contribution is 2.30. The topological polar surface area (TPSA) is 41.6 Å². The number of ether oxygens (including phenoxy) is 1. The summed E-state index contributed by atoms with van der Waals surface area (Å²) >= 11 is 1.77. The molecule has 120 valence electrons. The van der Waals surface area contributed by atoms with Crippen molar-refractivity contribution in [1.82, 2.24) is 10.2 Å². The maximum Gasteiger partial charge on any atom is 0.252 e. The van der Waals surface area contributed by atoms with Crippen molar-refractivity contribution >= 4 is 17.2 Å². The van der Waals surface area contributed by atoms with Gasteiger partial charge in [0.2, 0.25) is 0 Å². The molecule has 22 heavy (non-hydrogen) atoms. The Balaban J connectivity index is 1.41. The van der Waals surface area contributed by atoms with Crippen molar-refractivity contribution in [2.75, 3.05) is 19.7 Å². The van der Waals surface area contributed by atoms with Crippen molar-refractivity contribution in [3.63, 3.8) is 0 Å². The average molecular weight is 320 g/mol. The van der Waals surface area contributed by atoms with E-state index in [9.17, 15) is 4.79 Å². The molecule has 2 fully saturated rings. The molecule has 3 atom stereocenters. The van der Waals surface area contributed by atoms with Gasteiger partial charge in [0, 0.05) is 35.4 Å². The second-order valence-corrected chi connectivity index (χ2v) is 7.88. The quantitative estimate of drug-likeness (QED) is 0.908. The van der Waals surface area contributed by atoms with Crippen LogP contribution in [0.3, 0.4) is 0 Å². The number of thiophene rings is 1. The number of rotatable bonds is 2. The molecule has 0 saturated carbocycles. The third-order valence-electron chi connectivity index (χ3n) is 5.23. The summed E-state index contributed by atoms with van der Waals surface area (Å²) < 4.78 is 5.74. The van der Waals surface area contributed by atoms with E-state index >= 15 is 0 Å². The number of carbonyl (C=O) groups excluding carboxylic acids is 1.